The topological polar surface area (TPSA) is 75.5 Å². The van der Waals surface area contributed by atoms with E-state index in [1.54, 1.807) is 43.3 Å². The maximum absolute atomic E-state index is 15.5. The van der Waals surface area contributed by atoms with Gasteiger partial charge in [0.1, 0.15) is 11.9 Å². The molecule has 0 spiro atoms. The number of nitrogens with zero attached hydrogens (tertiary/aromatic N) is 3. The molecule has 0 radical (unpaired) electrons. The first-order valence-electron chi connectivity index (χ1n) is 11.7. The molecule has 2 aromatic heterocycles. The highest BCUT2D eigenvalue weighted by molar-refractivity contribution is 7.99. The molecule has 1 aliphatic rings. The van der Waals surface area contributed by atoms with Crippen LogP contribution in [0.4, 0.5) is 4.39 Å². The van der Waals surface area contributed by atoms with Gasteiger partial charge in [0.25, 0.3) is 0 Å². The van der Waals surface area contributed by atoms with Crippen LogP contribution in [0.5, 0.6) is 5.75 Å². The van der Waals surface area contributed by atoms with Crippen molar-refractivity contribution in [2.75, 3.05) is 32.5 Å². The molecule has 0 aliphatic carbocycles. The molecule has 3 heterocycles. The Labute approximate surface area is 213 Å². The van der Waals surface area contributed by atoms with Crippen LogP contribution < -0.4 is 4.74 Å². The van der Waals surface area contributed by atoms with E-state index >= 15 is 4.39 Å². The van der Waals surface area contributed by atoms with Gasteiger partial charge < -0.3 is 14.7 Å². The maximum Gasteiger partial charge on any atom is 0.308 e. The fraction of sp³-hybridized carbons (Fsp3) is 0.423. The summed E-state index contributed by atoms with van der Waals surface area (Å²) < 4.78 is 20.8. The smallest absolute Gasteiger partial charge is 0.308 e. The number of likely N-dealkylation sites (tertiary alicyclic amines) is 1. The minimum Gasteiger partial charge on any atom is -0.497 e. The van der Waals surface area contributed by atoms with E-state index in [9.17, 15) is 9.90 Å². The average Bonchev–Trinajstić information content (AvgIpc) is 2.87. The molecular weight excluding hydrogens is 489 g/mol. The number of methoxy groups -OCH3 is 1. The molecule has 0 bridgehead atoms. The van der Waals surface area contributed by atoms with Crippen molar-refractivity contribution in [3.05, 3.63) is 59.4 Å². The first kappa shape index (κ1) is 25.7. The third kappa shape index (κ3) is 6.42. The molecule has 35 heavy (non-hydrogen) atoms. The van der Waals surface area contributed by atoms with Gasteiger partial charge in [0.15, 0.2) is 0 Å². The van der Waals surface area contributed by atoms with E-state index in [0.29, 0.717) is 35.2 Å². The van der Waals surface area contributed by atoms with Crippen LogP contribution in [0.15, 0.2) is 53.8 Å². The van der Waals surface area contributed by atoms with E-state index in [1.165, 1.54) is 6.20 Å². The molecule has 1 aromatic carbocycles. The number of aromatic nitrogens is 2. The third-order valence-corrected chi connectivity index (χ3v) is 7.85. The lowest BCUT2D eigenvalue weighted by Crippen LogP contribution is -2.44. The summed E-state index contributed by atoms with van der Waals surface area (Å²) in [4.78, 5) is 22.8. The van der Waals surface area contributed by atoms with Gasteiger partial charge in [-0.25, -0.2) is 9.37 Å². The van der Waals surface area contributed by atoms with E-state index in [2.05, 4.69) is 14.9 Å². The van der Waals surface area contributed by atoms with Crippen LogP contribution >= 0.6 is 23.4 Å². The number of rotatable bonds is 10. The Balaban J connectivity index is 1.37. The highest BCUT2D eigenvalue weighted by Gasteiger charge is 2.34. The molecule has 1 saturated heterocycles. The summed E-state index contributed by atoms with van der Waals surface area (Å²) in [6.45, 7) is 2.09. The van der Waals surface area contributed by atoms with Gasteiger partial charge in [0.05, 0.1) is 28.6 Å². The van der Waals surface area contributed by atoms with E-state index in [1.807, 2.05) is 18.2 Å². The lowest BCUT2D eigenvalue weighted by molar-refractivity contribution is -0.146. The highest BCUT2D eigenvalue weighted by Crippen LogP contribution is 2.38. The zero-order valence-electron chi connectivity index (χ0n) is 19.6. The zero-order chi connectivity index (χ0) is 24.8. The zero-order valence-corrected chi connectivity index (χ0v) is 21.1. The second-order valence-electron chi connectivity index (χ2n) is 8.76. The predicted octanol–water partition coefficient (Wildman–Crippen LogP) is 5.90. The number of benzene rings is 1. The lowest BCUT2D eigenvalue weighted by Gasteiger charge is -2.36. The predicted molar refractivity (Wildman–Crippen MR) is 137 cm³/mol. The molecule has 9 heteroatoms. The number of aliphatic carboxylic acids is 1. The Kier molecular flexibility index (Phi) is 8.81. The number of hydrogen-bond donors (Lipinski definition) is 1. The van der Waals surface area contributed by atoms with Crippen molar-refractivity contribution < 1.29 is 19.0 Å². The number of thioether (sulfide) groups is 1. The fourth-order valence-corrected chi connectivity index (χ4v) is 5.86. The van der Waals surface area contributed by atoms with E-state index in [4.69, 9.17) is 16.3 Å². The van der Waals surface area contributed by atoms with Crippen molar-refractivity contribution in [3.8, 4) is 5.75 Å². The van der Waals surface area contributed by atoms with Gasteiger partial charge in [-0.3, -0.25) is 9.78 Å². The summed E-state index contributed by atoms with van der Waals surface area (Å²) in [5.74, 6) is 0.0454. The fourth-order valence-electron chi connectivity index (χ4n) is 4.73. The van der Waals surface area contributed by atoms with Crippen LogP contribution in [0.2, 0.25) is 5.02 Å². The number of carbonyl (C=O) groups is 1. The quantitative estimate of drug-likeness (QED) is 0.336. The minimum atomic E-state index is -1.32. The lowest BCUT2D eigenvalue weighted by atomic mass is 9.81. The van der Waals surface area contributed by atoms with E-state index < -0.39 is 18.1 Å². The normalized spacial score (nSPS) is 19.5. The Hall–Kier alpha value is -2.42. The molecule has 3 atom stereocenters. The number of hydrogen-bond acceptors (Lipinski definition) is 6. The van der Waals surface area contributed by atoms with Gasteiger partial charge in [0.2, 0.25) is 0 Å². The van der Waals surface area contributed by atoms with Crippen LogP contribution in [-0.2, 0) is 4.79 Å². The number of pyridine rings is 2. The van der Waals surface area contributed by atoms with Crippen LogP contribution in [-0.4, -0.2) is 58.4 Å². The van der Waals surface area contributed by atoms with Gasteiger partial charge in [-0.2, -0.15) is 0 Å². The Bertz CT molecular complexity index is 1150. The van der Waals surface area contributed by atoms with Gasteiger partial charge in [-0.05, 0) is 62.1 Å². The van der Waals surface area contributed by atoms with Crippen molar-refractivity contribution in [1.82, 2.24) is 14.9 Å². The standard InChI is InChI=1S/C26H29ClFN3O3S/c1-34-18-6-8-23-19(14-18)25(21(27)15-30-23)22(28)7-5-17-9-11-31(16-20(17)26(32)33)12-13-35-24-4-2-3-10-29-24/h2-4,6,8,10,14-15,17,20,22H,5,7,9,11-13,16H2,1H3,(H,32,33)/t17?,20?,22-/m1/s1. The summed E-state index contributed by atoms with van der Waals surface area (Å²) >= 11 is 8.02. The molecule has 1 aliphatic heterocycles. The summed E-state index contributed by atoms with van der Waals surface area (Å²) in [6, 6.07) is 11.1. The highest BCUT2D eigenvalue weighted by atomic mass is 35.5. The second-order valence-corrected chi connectivity index (χ2v) is 10.3. The SMILES string of the molecule is COc1ccc2ncc(Cl)c([C@H](F)CCC3CCN(CCSc4ccccn4)CC3C(=O)O)c2c1. The van der Waals surface area contributed by atoms with Gasteiger partial charge >= 0.3 is 5.97 Å². The maximum atomic E-state index is 15.5. The Morgan fingerprint density at radius 2 is 2.20 bits per heavy atom. The molecule has 3 aromatic rings. The van der Waals surface area contributed by atoms with Gasteiger partial charge in [-0.15, -0.1) is 11.8 Å². The van der Waals surface area contributed by atoms with Crippen molar-refractivity contribution in [1.29, 1.82) is 0 Å². The van der Waals surface area contributed by atoms with Crippen LogP contribution in [0.25, 0.3) is 10.9 Å². The summed E-state index contributed by atoms with van der Waals surface area (Å²) in [5.41, 5.74) is 1.04. The first-order valence-corrected chi connectivity index (χ1v) is 13.1. The molecular formula is C26H29ClFN3O3S. The Morgan fingerprint density at radius 1 is 1.34 bits per heavy atom. The summed E-state index contributed by atoms with van der Waals surface area (Å²) in [7, 11) is 1.56. The van der Waals surface area contributed by atoms with E-state index in [-0.39, 0.29) is 17.4 Å². The molecule has 6 nitrogen and oxygen atoms in total. The van der Waals surface area contributed by atoms with Crippen molar-refractivity contribution in [2.24, 2.45) is 11.8 Å². The number of alkyl halides is 1. The average molecular weight is 518 g/mol. The monoisotopic (exact) mass is 517 g/mol. The summed E-state index contributed by atoms with van der Waals surface area (Å²) in [6.07, 6.45) is 3.35. The van der Waals surface area contributed by atoms with Crippen molar-refractivity contribution in [3.63, 3.8) is 0 Å². The molecule has 4 rings (SSSR count). The van der Waals surface area contributed by atoms with E-state index in [0.717, 1.165) is 30.3 Å². The molecule has 0 saturated carbocycles. The van der Waals surface area contributed by atoms with Gasteiger partial charge in [0, 0.05) is 42.2 Å². The first-order chi connectivity index (χ1) is 17.0. The molecule has 1 N–H and O–H groups in total. The number of carboxylic acids is 1. The number of ether oxygens (including phenoxy) is 1. The molecule has 186 valence electrons. The second kappa shape index (κ2) is 12.0. The number of carboxylic acid groups (broad SMARTS) is 1. The number of halogens is 2. The third-order valence-electron chi connectivity index (χ3n) is 6.62. The molecule has 1 fully saturated rings. The van der Waals surface area contributed by atoms with Crippen LogP contribution in [0.1, 0.15) is 31.0 Å². The number of piperidine rings is 1. The van der Waals surface area contributed by atoms with Gasteiger partial charge in [-0.1, -0.05) is 17.7 Å². The minimum absolute atomic E-state index is 0.0770. The molecule has 0 amide bonds. The largest absolute Gasteiger partial charge is 0.497 e. The number of fused-ring (bicyclic) bond motifs is 1. The van der Waals surface area contributed by atoms with Crippen molar-refractivity contribution >= 4 is 40.2 Å². The van der Waals surface area contributed by atoms with Crippen LogP contribution in [0.3, 0.4) is 0 Å². The summed E-state index contributed by atoms with van der Waals surface area (Å²) in [5, 5.41) is 11.7. The molecule has 2 unspecified atom stereocenters. The van der Waals surface area contributed by atoms with Crippen LogP contribution in [0, 0.1) is 11.8 Å². The Morgan fingerprint density at radius 3 is 2.94 bits per heavy atom. The van der Waals surface area contributed by atoms with Crippen molar-refractivity contribution in [2.45, 2.75) is 30.5 Å².